The van der Waals surface area contributed by atoms with Gasteiger partial charge in [0.25, 0.3) is 0 Å². The van der Waals surface area contributed by atoms with Crippen LogP contribution in [0.25, 0.3) is 0 Å². The minimum Gasteiger partial charge on any atom is -0.346 e. The molecular formula is C16H19F3N2O3. The lowest BCUT2D eigenvalue weighted by molar-refractivity contribution is -0.182. The van der Waals surface area contributed by atoms with E-state index >= 15 is 0 Å². The summed E-state index contributed by atoms with van der Waals surface area (Å²) < 4.78 is 49.7. The molecule has 2 fully saturated rings. The van der Waals surface area contributed by atoms with Crippen LogP contribution in [0.3, 0.4) is 0 Å². The van der Waals surface area contributed by atoms with Gasteiger partial charge in [-0.3, -0.25) is 0 Å². The number of aryl methyl sites for hydroxylation is 1. The number of nitrogens with one attached hydrogen (secondary N) is 1. The van der Waals surface area contributed by atoms with Gasteiger partial charge < -0.3 is 19.7 Å². The average molecular weight is 344 g/mol. The Morgan fingerprint density at radius 1 is 1.29 bits per heavy atom. The quantitative estimate of drug-likeness (QED) is 0.850. The zero-order valence-corrected chi connectivity index (χ0v) is 13.3. The Bertz CT molecular complexity index is 627. The van der Waals surface area contributed by atoms with E-state index in [0.29, 0.717) is 31.7 Å². The SMILES string of the molecule is Cc1ccc(C(F)(F)F)cc1NC(=O)N1CCCC2(C1)OCCO2. The van der Waals surface area contributed by atoms with Gasteiger partial charge in [0.15, 0.2) is 5.79 Å². The Morgan fingerprint density at radius 3 is 2.67 bits per heavy atom. The number of nitrogens with zero attached hydrogens (tertiary/aromatic N) is 1. The molecule has 132 valence electrons. The lowest BCUT2D eigenvalue weighted by Gasteiger charge is -2.38. The number of benzene rings is 1. The van der Waals surface area contributed by atoms with Crippen molar-refractivity contribution in [3.8, 4) is 0 Å². The molecule has 8 heteroatoms. The molecule has 0 radical (unpaired) electrons. The monoisotopic (exact) mass is 344 g/mol. The van der Waals surface area contributed by atoms with Crippen LogP contribution in [-0.2, 0) is 15.7 Å². The second kappa shape index (κ2) is 6.25. The number of anilines is 1. The standard InChI is InChI=1S/C16H19F3N2O3/c1-11-3-4-12(16(17,18)19)9-13(11)20-14(22)21-6-2-5-15(10-21)23-7-8-24-15/h3-4,9H,2,5-8,10H2,1H3,(H,20,22). The van der Waals surface area contributed by atoms with Crippen molar-refractivity contribution in [1.82, 2.24) is 4.90 Å². The summed E-state index contributed by atoms with van der Waals surface area (Å²) in [5, 5.41) is 2.57. The topological polar surface area (TPSA) is 50.8 Å². The van der Waals surface area contributed by atoms with Crippen LogP contribution in [0, 0.1) is 6.92 Å². The molecule has 2 aliphatic rings. The summed E-state index contributed by atoms with van der Waals surface area (Å²) in [6.07, 6.45) is -3.03. The van der Waals surface area contributed by atoms with Gasteiger partial charge in [0.05, 0.1) is 25.3 Å². The summed E-state index contributed by atoms with van der Waals surface area (Å²) in [6, 6.07) is 2.85. The second-order valence-electron chi connectivity index (χ2n) is 6.09. The van der Waals surface area contributed by atoms with Crippen LogP contribution in [0.2, 0.25) is 0 Å². The van der Waals surface area contributed by atoms with E-state index in [0.717, 1.165) is 18.6 Å². The van der Waals surface area contributed by atoms with Gasteiger partial charge >= 0.3 is 12.2 Å². The van der Waals surface area contributed by atoms with Gasteiger partial charge in [-0.25, -0.2) is 4.79 Å². The van der Waals surface area contributed by atoms with Gasteiger partial charge in [0, 0.05) is 18.7 Å². The highest BCUT2D eigenvalue weighted by Gasteiger charge is 2.42. The third-order valence-electron chi connectivity index (χ3n) is 4.32. The largest absolute Gasteiger partial charge is 0.416 e. The molecule has 2 saturated heterocycles. The fourth-order valence-electron chi connectivity index (χ4n) is 3.02. The van der Waals surface area contributed by atoms with Gasteiger partial charge in [0.2, 0.25) is 0 Å². The minimum absolute atomic E-state index is 0.155. The molecule has 3 rings (SSSR count). The van der Waals surface area contributed by atoms with Crippen molar-refractivity contribution in [3.63, 3.8) is 0 Å². The first-order valence-corrected chi connectivity index (χ1v) is 7.81. The molecule has 0 bridgehead atoms. The van der Waals surface area contributed by atoms with Crippen LogP contribution in [0.5, 0.6) is 0 Å². The van der Waals surface area contributed by atoms with E-state index < -0.39 is 23.6 Å². The molecule has 1 N–H and O–H groups in total. The van der Waals surface area contributed by atoms with Crippen molar-refractivity contribution < 1.29 is 27.4 Å². The van der Waals surface area contributed by atoms with Crippen molar-refractivity contribution in [3.05, 3.63) is 29.3 Å². The number of piperidine rings is 1. The first-order chi connectivity index (χ1) is 11.3. The Kier molecular flexibility index (Phi) is 4.44. The van der Waals surface area contributed by atoms with E-state index in [2.05, 4.69) is 5.32 Å². The first-order valence-electron chi connectivity index (χ1n) is 7.81. The molecule has 0 aromatic heterocycles. The number of urea groups is 1. The summed E-state index contributed by atoms with van der Waals surface area (Å²) in [7, 11) is 0. The van der Waals surface area contributed by atoms with E-state index in [4.69, 9.17) is 9.47 Å². The number of halogens is 3. The van der Waals surface area contributed by atoms with E-state index in [1.54, 1.807) is 6.92 Å². The normalized spacial score (nSPS) is 20.4. The van der Waals surface area contributed by atoms with Crippen molar-refractivity contribution in [2.75, 3.05) is 31.6 Å². The minimum atomic E-state index is -4.45. The third-order valence-corrected chi connectivity index (χ3v) is 4.32. The van der Waals surface area contributed by atoms with Gasteiger partial charge in [-0.05, 0) is 31.0 Å². The van der Waals surface area contributed by atoms with Crippen LogP contribution < -0.4 is 5.32 Å². The fraction of sp³-hybridized carbons (Fsp3) is 0.562. The number of hydrogen-bond donors (Lipinski definition) is 1. The Labute approximate surface area is 137 Å². The van der Waals surface area contributed by atoms with Crippen molar-refractivity contribution in [2.45, 2.75) is 31.7 Å². The summed E-state index contributed by atoms with van der Waals surface area (Å²) in [5.74, 6) is -0.765. The molecule has 24 heavy (non-hydrogen) atoms. The molecule has 2 aliphatic heterocycles. The smallest absolute Gasteiger partial charge is 0.346 e. The molecule has 1 spiro atoms. The summed E-state index contributed by atoms with van der Waals surface area (Å²) >= 11 is 0. The number of likely N-dealkylation sites (tertiary alicyclic amines) is 1. The molecule has 0 aliphatic carbocycles. The molecule has 0 saturated carbocycles. The lowest BCUT2D eigenvalue weighted by Crippen LogP contribution is -2.52. The molecule has 1 aromatic rings. The third kappa shape index (κ3) is 3.49. The Balaban J connectivity index is 1.72. The summed E-state index contributed by atoms with van der Waals surface area (Å²) in [6.45, 7) is 3.41. The van der Waals surface area contributed by atoms with E-state index in [1.807, 2.05) is 0 Å². The Morgan fingerprint density at radius 2 is 2.00 bits per heavy atom. The predicted octanol–water partition coefficient (Wildman–Crippen LogP) is 3.38. The fourth-order valence-corrected chi connectivity index (χ4v) is 3.02. The molecule has 2 amide bonds. The van der Waals surface area contributed by atoms with Gasteiger partial charge in [-0.1, -0.05) is 6.07 Å². The van der Waals surface area contributed by atoms with E-state index in [1.165, 1.54) is 11.0 Å². The first kappa shape index (κ1) is 17.0. The number of alkyl halides is 3. The summed E-state index contributed by atoms with van der Waals surface area (Å²) in [4.78, 5) is 14.0. The number of hydrogen-bond acceptors (Lipinski definition) is 3. The van der Waals surface area contributed by atoms with Gasteiger partial charge in [-0.2, -0.15) is 13.2 Å². The van der Waals surface area contributed by atoms with Gasteiger partial charge in [0.1, 0.15) is 0 Å². The molecular weight excluding hydrogens is 325 g/mol. The maximum Gasteiger partial charge on any atom is 0.416 e. The molecule has 0 unspecified atom stereocenters. The molecule has 1 aromatic carbocycles. The lowest BCUT2D eigenvalue weighted by atomic mass is 10.0. The van der Waals surface area contributed by atoms with Crippen LogP contribution in [-0.4, -0.2) is 43.0 Å². The van der Waals surface area contributed by atoms with Crippen molar-refractivity contribution >= 4 is 11.7 Å². The number of carbonyl (C=O) groups is 1. The number of ether oxygens (including phenoxy) is 2. The molecule has 2 heterocycles. The molecule has 0 atom stereocenters. The highest BCUT2D eigenvalue weighted by molar-refractivity contribution is 5.90. The van der Waals surface area contributed by atoms with Crippen LogP contribution in [0.4, 0.5) is 23.7 Å². The zero-order valence-electron chi connectivity index (χ0n) is 13.3. The maximum atomic E-state index is 12.8. The van der Waals surface area contributed by atoms with E-state index in [-0.39, 0.29) is 12.2 Å². The van der Waals surface area contributed by atoms with Crippen molar-refractivity contribution in [1.29, 1.82) is 0 Å². The predicted molar refractivity (Wildman–Crippen MR) is 80.6 cm³/mol. The zero-order chi connectivity index (χ0) is 17.4. The maximum absolute atomic E-state index is 12.8. The van der Waals surface area contributed by atoms with E-state index in [9.17, 15) is 18.0 Å². The Hall–Kier alpha value is -1.80. The molecule has 5 nitrogen and oxygen atoms in total. The highest BCUT2D eigenvalue weighted by atomic mass is 19.4. The van der Waals surface area contributed by atoms with Crippen LogP contribution >= 0.6 is 0 Å². The van der Waals surface area contributed by atoms with Crippen LogP contribution in [0.1, 0.15) is 24.0 Å². The number of rotatable bonds is 1. The number of amides is 2. The average Bonchev–Trinajstić information content (AvgIpc) is 2.96. The highest BCUT2D eigenvalue weighted by Crippen LogP contribution is 2.33. The second-order valence-corrected chi connectivity index (χ2v) is 6.09. The van der Waals surface area contributed by atoms with Gasteiger partial charge in [-0.15, -0.1) is 0 Å². The summed E-state index contributed by atoms with van der Waals surface area (Å²) in [5.41, 5.74) is -0.0693. The van der Waals surface area contributed by atoms with Crippen LogP contribution in [0.15, 0.2) is 18.2 Å². The van der Waals surface area contributed by atoms with Crippen molar-refractivity contribution in [2.24, 2.45) is 0 Å². The number of carbonyl (C=O) groups excluding carboxylic acids is 1.